The number of rotatable bonds is 3. The molecule has 1 aliphatic heterocycles. The second-order valence-electron chi connectivity index (χ2n) is 11.3. The maximum Gasteiger partial charge on any atom is 0.238 e. The molecule has 45 heavy (non-hydrogen) atoms. The summed E-state index contributed by atoms with van der Waals surface area (Å²) in [4.78, 5) is 17.4. The minimum Gasteiger partial charge on any atom is -0.305 e. The maximum absolute atomic E-state index is 5.13. The zero-order valence-corrected chi connectivity index (χ0v) is 24.7. The lowest BCUT2D eigenvalue weighted by Crippen LogP contribution is -2.21. The van der Waals surface area contributed by atoms with Crippen molar-refractivity contribution in [2.45, 2.75) is 0 Å². The van der Waals surface area contributed by atoms with Crippen LogP contribution >= 0.6 is 11.3 Å². The van der Waals surface area contributed by atoms with E-state index in [4.69, 9.17) is 15.0 Å². The Morgan fingerprint density at radius 1 is 0.444 bits per heavy atom. The Kier molecular flexibility index (Phi) is 5.09. The number of hydrogen-bond donors (Lipinski definition) is 0. The predicted molar refractivity (Wildman–Crippen MR) is 186 cm³/mol. The Labute approximate surface area is 262 Å². The molecule has 0 unspecified atom stereocenters. The van der Waals surface area contributed by atoms with Gasteiger partial charge in [0.05, 0.1) is 28.1 Å². The molecule has 0 fully saturated rings. The van der Waals surface area contributed by atoms with E-state index in [0.717, 1.165) is 33.7 Å². The van der Waals surface area contributed by atoms with E-state index in [0.29, 0.717) is 17.6 Å². The van der Waals surface area contributed by atoms with Crippen molar-refractivity contribution in [3.05, 3.63) is 140 Å². The van der Waals surface area contributed by atoms with Crippen LogP contribution in [-0.2, 0) is 0 Å². The summed E-state index contributed by atoms with van der Waals surface area (Å²) in [5, 5.41) is 5.06. The second kappa shape index (κ2) is 9.32. The standard InChI is InChI=1S/C39H23N5S/c1-3-12-24(13-4-1)37-40-38(25-14-5-2-6-15-25)42-39(41-37)44-31-19-9-8-18-30(31)43-33-23-35-29(26-16-7-10-21-34(26)45-35)22-28(33)27-17-11-20-32(44)36(27)43/h1-23H. The highest BCUT2D eigenvalue weighted by Gasteiger charge is 2.31. The molecule has 0 spiro atoms. The van der Waals surface area contributed by atoms with E-state index in [9.17, 15) is 0 Å². The van der Waals surface area contributed by atoms with Crippen LogP contribution in [0.1, 0.15) is 0 Å². The number of para-hydroxylation sites is 3. The van der Waals surface area contributed by atoms with Gasteiger partial charge in [0.25, 0.3) is 0 Å². The van der Waals surface area contributed by atoms with Crippen LogP contribution in [0.3, 0.4) is 0 Å². The molecule has 9 aromatic rings. The van der Waals surface area contributed by atoms with Crippen molar-refractivity contribution in [1.29, 1.82) is 0 Å². The third kappa shape index (κ3) is 3.57. The van der Waals surface area contributed by atoms with Gasteiger partial charge < -0.3 is 4.57 Å². The minimum atomic E-state index is 0.589. The Hall–Kier alpha value is -5.85. The number of aromatic nitrogens is 4. The lowest BCUT2D eigenvalue weighted by Gasteiger charge is -2.31. The third-order valence-electron chi connectivity index (χ3n) is 8.76. The molecule has 5 nitrogen and oxygen atoms in total. The average molecular weight is 594 g/mol. The van der Waals surface area contributed by atoms with Crippen LogP contribution in [0, 0.1) is 0 Å². The molecule has 1 aliphatic rings. The molecule has 0 aliphatic carbocycles. The van der Waals surface area contributed by atoms with Gasteiger partial charge in [-0.1, -0.05) is 103 Å². The Bertz CT molecular complexity index is 2550. The van der Waals surface area contributed by atoms with Crippen LogP contribution in [0.5, 0.6) is 0 Å². The van der Waals surface area contributed by atoms with Crippen LogP contribution in [0.4, 0.5) is 17.3 Å². The third-order valence-corrected chi connectivity index (χ3v) is 9.89. The summed E-state index contributed by atoms with van der Waals surface area (Å²) in [6.45, 7) is 0. The first-order chi connectivity index (χ1) is 22.3. The van der Waals surface area contributed by atoms with Crippen molar-refractivity contribution in [2.24, 2.45) is 0 Å². The van der Waals surface area contributed by atoms with E-state index in [2.05, 4.69) is 88.3 Å². The van der Waals surface area contributed by atoms with Crippen molar-refractivity contribution < 1.29 is 0 Å². The summed E-state index contributed by atoms with van der Waals surface area (Å²) < 4.78 is 5.03. The van der Waals surface area contributed by atoms with Gasteiger partial charge >= 0.3 is 0 Å². The monoisotopic (exact) mass is 593 g/mol. The number of nitrogens with zero attached hydrogens (tertiary/aromatic N) is 5. The van der Waals surface area contributed by atoms with Crippen molar-refractivity contribution in [1.82, 2.24) is 19.5 Å². The van der Waals surface area contributed by atoms with Crippen LogP contribution in [-0.4, -0.2) is 19.5 Å². The van der Waals surface area contributed by atoms with Crippen LogP contribution < -0.4 is 4.90 Å². The fourth-order valence-electron chi connectivity index (χ4n) is 6.78. The Morgan fingerprint density at radius 3 is 1.82 bits per heavy atom. The SMILES string of the molecule is c1ccc(-c2nc(-c3ccccc3)nc(N3c4ccccc4-n4c5cc6sc7ccccc7c6cc5c5cccc3c54)n2)cc1. The first-order valence-corrected chi connectivity index (χ1v) is 15.8. The fraction of sp³-hybridized carbons (Fsp3) is 0. The highest BCUT2D eigenvalue weighted by atomic mass is 32.1. The van der Waals surface area contributed by atoms with Crippen molar-refractivity contribution in [2.75, 3.05) is 4.90 Å². The van der Waals surface area contributed by atoms with E-state index in [1.54, 1.807) is 0 Å². The summed E-state index contributed by atoms with van der Waals surface area (Å²) in [7, 11) is 0. The van der Waals surface area contributed by atoms with Gasteiger partial charge in [0.1, 0.15) is 0 Å². The Balaban J connectivity index is 1.29. The van der Waals surface area contributed by atoms with E-state index >= 15 is 0 Å². The zero-order chi connectivity index (χ0) is 29.5. The highest BCUT2D eigenvalue weighted by Crippen LogP contribution is 2.50. The summed E-state index contributed by atoms with van der Waals surface area (Å²) >= 11 is 1.85. The van der Waals surface area contributed by atoms with E-state index in [1.165, 1.54) is 36.5 Å². The van der Waals surface area contributed by atoms with Crippen LogP contribution in [0.15, 0.2) is 140 Å². The number of hydrogen-bond acceptors (Lipinski definition) is 5. The molecule has 3 aromatic heterocycles. The summed E-state index contributed by atoms with van der Waals surface area (Å²) in [5.41, 5.74) is 7.41. The first-order valence-electron chi connectivity index (χ1n) is 15.0. The van der Waals surface area contributed by atoms with Crippen LogP contribution in [0.25, 0.3) is 70.4 Å². The number of fused-ring (bicyclic) bond motifs is 8. The molecule has 4 heterocycles. The molecule has 10 rings (SSSR count). The lowest BCUT2D eigenvalue weighted by atomic mass is 10.1. The Morgan fingerprint density at radius 2 is 1.07 bits per heavy atom. The second-order valence-corrected chi connectivity index (χ2v) is 12.4. The molecule has 6 heteroatoms. The molecular formula is C39H23N5S. The minimum absolute atomic E-state index is 0.589. The van der Waals surface area contributed by atoms with Crippen molar-refractivity contribution >= 4 is 70.6 Å². The summed E-state index contributed by atoms with van der Waals surface area (Å²) in [6.07, 6.45) is 0. The average Bonchev–Trinajstić information content (AvgIpc) is 3.64. The quantitative estimate of drug-likeness (QED) is 0.204. The predicted octanol–water partition coefficient (Wildman–Crippen LogP) is 10.5. The fourth-order valence-corrected chi connectivity index (χ4v) is 7.90. The molecule has 0 saturated heterocycles. The molecule has 210 valence electrons. The van der Waals surface area contributed by atoms with Crippen LogP contribution in [0.2, 0.25) is 0 Å². The highest BCUT2D eigenvalue weighted by molar-refractivity contribution is 7.25. The van der Waals surface area contributed by atoms with Crippen molar-refractivity contribution in [3.8, 4) is 28.5 Å². The molecule has 0 amide bonds. The topological polar surface area (TPSA) is 46.8 Å². The first kappa shape index (κ1) is 24.6. The van der Waals surface area contributed by atoms with Gasteiger partial charge in [0.2, 0.25) is 5.95 Å². The molecule has 6 aromatic carbocycles. The van der Waals surface area contributed by atoms with Gasteiger partial charge in [0, 0.05) is 42.1 Å². The molecule has 0 N–H and O–H groups in total. The number of thiophene rings is 1. The molecule has 0 saturated carbocycles. The van der Waals surface area contributed by atoms with Gasteiger partial charge in [-0.25, -0.2) is 4.98 Å². The number of benzene rings is 6. The van der Waals surface area contributed by atoms with Gasteiger partial charge in [-0.2, -0.15) is 9.97 Å². The largest absolute Gasteiger partial charge is 0.305 e. The molecular weight excluding hydrogens is 571 g/mol. The molecule has 0 radical (unpaired) electrons. The molecule has 0 atom stereocenters. The van der Waals surface area contributed by atoms with Gasteiger partial charge in [-0.05, 0) is 36.4 Å². The summed E-state index contributed by atoms with van der Waals surface area (Å²) in [6, 6.07) is 48.9. The van der Waals surface area contributed by atoms with E-state index < -0.39 is 0 Å². The van der Waals surface area contributed by atoms with E-state index in [-0.39, 0.29) is 0 Å². The zero-order valence-electron chi connectivity index (χ0n) is 23.9. The molecule has 0 bridgehead atoms. The van der Waals surface area contributed by atoms with Gasteiger partial charge in [-0.15, -0.1) is 11.3 Å². The smallest absolute Gasteiger partial charge is 0.238 e. The summed E-state index contributed by atoms with van der Waals surface area (Å²) in [5.74, 6) is 1.87. The lowest BCUT2D eigenvalue weighted by molar-refractivity contribution is 1.00. The van der Waals surface area contributed by atoms with Crippen molar-refractivity contribution in [3.63, 3.8) is 0 Å². The van der Waals surface area contributed by atoms with Gasteiger partial charge in [0.15, 0.2) is 11.6 Å². The van der Waals surface area contributed by atoms with Gasteiger partial charge in [-0.3, -0.25) is 4.90 Å². The maximum atomic E-state index is 5.13. The number of anilines is 3. The van der Waals surface area contributed by atoms with E-state index in [1.807, 2.05) is 72.0 Å². The normalized spacial score (nSPS) is 12.4.